The minimum absolute atomic E-state index is 0.357. The summed E-state index contributed by atoms with van der Waals surface area (Å²) in [5.74, 6) is 0.984. The number of nitriles is 1. The van der Waals surface area contributed by atoms with Gasteiger partial charge in [-0.1, -0.05) is 0 Å². The molecule has 0 aliphatic heterocycles. The van der Waals surface area contributed by atoms with Crippen LogP contribution in [0.4, 0.5) is 11.6 Å². The number of rotatable bonds is 4. The third-order valence-corrected chi connectivity index (χ3v) is 2.98. The first kappa shape index (κ1) is 12.9. The van der Waals surface area contributed by atoms with Gasteiger partial charge in [0.1, 0.15) is 17.5 Å². The van der Waals surface area contributed by atoms with E-state index in [0.717, 1.165) is 18.8 Å². The fourth-order valence-corrected chi connectivity index (χ4v) is 1.95. The predicted octanol–water partition coefficient (Wildman–Crippen LogP) is 1.57. The molecule has 0 atom stereocenters. The normalized spacial score (nSPS) is 10.2. The third kappa shape index (κ3) is 2.22. The maximum absolute atomic E-state index is 9.28. The van der Waals surface area contributed by atoms with E-state index >= 15 is 0 Å². The summed E-state index contributed by atoms with van der Waals surface area (Å²) in [6.45, 7) is 5.59. The van der Waals surface area contributed by atoms with Crippen LogP contribution in [-0.4, -0.2) is 27.9 Å². The van der Waals surface area contributed by atoms with Gasteiger partial charge in [-0.15, -0.1) is 5.10 Å². The lowest BCUT2D eigenvalue weighted by Gasteiger charge is -2.17. The molecular weight excluding hydrogens is 240 g/mol. The third-order valence-electron chi connectivity index (χ3n) is 2.98. The molecule has 0 bridgehead atoms. The summed E-state index contributed by atoms with van der Waals surface area (Å²) in [6.07, 6.45) is 3.33. The summed E-state index contributed by atoms with van der Waals surface area (Å²) in [5, 5.41) is 13.7. The van der Waals surface area contributed by atoms with Crippen LogP contribution in [0, 0.1) is 11.3 Å². The maximum Gasteiger partial charge on any atom is 0.171 e. The Morgan fingerprint density at radius 2 is 1.95 bits per heavy atom. The van der Waals surface area contributed by atoms with E-state index in [1.165, 1.54) is 0 Å². The Kier molecular flexibility index (Phi) is 3.66. The molecule has 0 fully saturated rings. The lowest BCUT2D eigenvalue weighted by molar-refractivity contribution is 0.808. The highest BCUT2D eigenvalue weighted by molar-refractivity contribution is 5.67. The number of nitrogens with zero attached hydrogens (tertiary/aromatic N) is 5. The van der Waals surface area contributed by atoms with Crippen molar-refractivity contribution in [2.24, 2.45) is 0 Å². The highest BCUT2D eigenvalue weighted by atomic mass is 15.4. The fourth-order valence-electron chi connectivity index (χ4n) is 1.95. The number of anilines is 2. The van der Waals surface area contributed by atoms with E-state index in [0.29, 0.717) is 17.2 Å². The Morgan fingerprint density at radius 1 is 1.32 bits per heavy atom. The van der Waals surface area contributed by atoms with Crippen LogP contribution in [-0.2, 0) is 0 Å². The standard InChI is InChI=1S/C13H16N6/c1-3-18(4-2)13-11(9-14)12(15)19(17-13)10-5-7-16-8-6-10/h5-8H,3-4,15H2,1-2H3. The molecule has 19 heavy (non-hydrogen) atoms. The smallest absolute Gasteiger partial charge is 0.171 e. The minimum Gasteiger partial charge on any atom is -0.382 e. The Hall–Kier alpha value is -2.55. The van der Waals surface area contributed by atoms with Gasteiger partial charge in [0.25, 0.3) is 0 Å². The summed E-state index contributed by atoms with van der Waals surface area (Å²) in [6, 6.07) is 5.74. The highest BCUT2D eigenvalue weighted by Crippen LogP contribution is 2.26. The largest absolute Gasteiger partial charge is 0.382 e. The lowest BCUT2D eigenvalue weighted by atomic mass is 10.3. The minimum atomic E-state index is 0.357. The molecule has 6 heteroatoms. The number of aromatic nitrogens is 3. The van der Waals surface area contributed by atoms with Gasteiger partial charge < -0.3 is 10.6 Å². The molecule has 2 aromatic rings. The molecule has 0 aromatic carbocycles. The molecule has 0 radical (unpaired) electrons. The maximum atomic E-state index is 9.28. The van der Waals surface area contributed by atoms with Gasteiger partial charge in [0.15, 0.2) is 5.82 Å². The first-order chi connectivity index (χ1) is 9.22. The second-order valence-electron chi connectivity index (χ2n) is 3.99. The zero-order chi connectivity index (χ0) is 13.8. The first-order valence-electron chi connectivity index (χ1n) is 6.16. The molecule has 0 saturated carbocycles. The number of nitrogens with two attached hydrogens (primary N) is 1. The SMILES string of the molecule is CCN(CC)c1nn(-c2ccncc2)c(N)c1C#N. The Labute approximate surface area is 112 Å². The van der Waals surface area contributed by atoms with Crippen LogP contribution in [0.5, 0.6) is 0 Å². The molecule has 0 amide bonds. The zero-order valence-corrected chi connectivity index (χ0v) is 11.0. The molecule has 98 valence electrons. The molecule has 2 aromatic heterocycles. The highest BCUT2D eigenvalue weighted by Gasteiger charge is 2.19. The van der Waals surface area contributed by atoms with Crippen LogP contribution < -0.4 is 10.6 Å². The zero-order valence-electron chi connectivity index (χ0n) is 11.0. The molecule has 0 aliphatic rings. The molecule has 0 unspecified atom stereocenters. The average Bonchev–Trinajstić information content (AvgIpc) is 2.78. The monoisotopic (exact) mass is 256 g/mol. The van der Waals surface area contributed by atoms with Crippen LogP contribution in [0.3, 0.4) is 0 Å². The summed E-state index contributed by atoms with van der Waals surface area (Å²) >= 11 is 0. The summed E-state index contributed by atoms with van der Waals surface area (Å²) in [4.78, 5) is 5.97. The summed E-state index contributed by atoms with van der Waals surface area (Å²) < 4.78 is 1.58. The van der Waals surface area contributed by atoms with Gasteiger partial charge in [-0.3, -0.25) is 4.98 Å². The number of hydrogen-bond donors (Lipinski definition) is 1. The van der Waals surface area contributed by atoms with Crippen molar-refractivity contribution in [3.63, 3.8) is 0 Å². The van der Waals surface area contributed by atoms with Crippen LogP contribution in [0.25, 0.3) is 5.69 Å². The second kappa shape index (κ2) is 5.40. The van der Waals surface area contributed by atoms with E-state index in [1.807, 2.05) is 18.7 Å². The molecule has 0 aliphatic carbocycles. The predicted molar refractivity (Wildman–Crippen MR) is 74.0 cm³/mol. The Morgan fingerprint density at radius 3 is 2.47 bits per heavy atom. The van der Waals surface area contributed by atoms with Gasteiger partial charge in [-0.05, 0) is 26.0 Å². The van der Waals surface area contributed by atoms with Crippen molar-refractivity contribution in [3.8, 4) is 11.8 Å². The molecule has 0 saturated heterocycles. The molecule has 0 spiro atoms. The van der Waals surface area contributed by atoms with Crippen LogP contribution >= 0.6 is 0 Å². The van der Waals surface area contributed by atoms with Crippen molar-refractivity contribution in [2.45, 2.75) is 13.8 Å². The molecule has 2 heterocycles. The number of pyridine rings is 1. The van der Waals surface area contributed by atoms with E-state index in [4.69, 9.17) is 5.73 Å². The average molecular weight is 256 g/mol. The van der Waals surface area contributed by atoms with Gasteiger partial charge in [-0.2, -0.15) is 5.26 Å². The Balaban J connectivity index is 2.57. The summed E-state index contributed by atoms with van der Waals surface area (Å²) in [7, 11) is 0. The van der Waals surface area contributed by atoms with E-state index in [-0.39, 0.29) is 0 Å². The van der Waals surface area contributed by atoms with E-state index < -0.39 is 0 Å². The van der Waals surface area contributed by atoms with E-state index in [2.05, 4.69) is 16.2 Å². The van der Waals surface area contributed by atoms with Gasteiger partial charge in [0.05, 0.1) is 5.69 Å². The summed E-state index contributed by atoms with van der Waals surface area (Å²) in [5.41, 5.74) is 7.24. The van der Waals surface area contributed by atoms with Crippen molar-refractivity contribution in [1.29, 1.82) is 5.26 Å². The van der Waals surface area contributed by atoms with Crippen molar-refractivity contribution in [3.05, 3.63) is 30.1 Å². The topological polar surface area (TPSA) is 83.8 Å². The van der Waals surface area contributed by atoms with Crippen molar-refractivity contribution >= 4 is 11.6 Å². The van der Waals surface area contributed by atoms with Crippen LogP contribution in [0.15, 0.2) is 24.5 Å². The second-order valence-corrected chi connectivity index (χ2v) is 3.99. The van der Waals surface area contributed by atoms with Crippen LogP contribution in [0.1, 0.15) is 19.4 Å². The molecule has 2 rings (SSSR count). The van der Waals surface area contributed by atoms with Crippen molar-refractivity contribution in [2.75, 3.05) is 23.7 Å². The Bertz CT molecular complexity index is 592. The molecular formula is C13H16N6. The van der Waals surface area contributed by atoms with Crippen molar-refractivity contribution in [1.82, 2.24) is 14.8 Å². The molecule has 2 N–H and O–H groups in total. The fraction of sp³-hybridized carbons (Fsp3) is 0.308. The van der Waals surface area contributed by atoms with Gasteiger partial charge >= 0.3 is 0 Å². The first-order valence-corrected chi connectivity index (χ1v) is 6.16. The number of hydrogen-bond acceptors (Lipinski definition) is 5. The van der Waals surface area contributed by atoms with Crippen LogP contribution in [0.2, 0.25) is 0 Å². The van der Waals surface area contributed by atoms with E-state index in [9.17, 15) is 5.26 Å². The lowest BCUT2D eigenvalue weighted by Crippen LogP contribution is -2.23. The van der Waals surface area contributed by atoms with Gasteiger partial charge in [0.2, 0.25) is 0 Å². The quantitative estimate of drug-likeness (QED) is 0.897. The number of nitrogen functional groups attached to an aromatic ring is 1. The van der Waals surface area contributed by atoms with E-state index in [1.54, 1.807) is 29.2 Å². The van der Waals surface area contributed by atoms with Gasteiger partial charge in [0, 0.05) is 25.5 Å². The van der Waals surface area contributed by atoms with Gasteiger partial charge in [-0.25, -0.2) is 4.68 Å². The molecule has 6 nitrogen and oxygen atoms in total. The van der Waals surface area contributed by atoms with Crippen molar-refractivity contribution < 1.29 is 0 Å².